The molecule has 0 saturated carbocycles. The molecule has 0 aliphatic carbocycles. The summed E-state index contributed by atoms with van der Waals surface area (Å²) in [5.41, 5.74) is 1.37. The van der Waals surface area contributed by atoms with Crippen molar-refractivity contribution >= 4 is 0 Å². The standard InChI is InChI=1S/C15H24O/c1-5-7-14(6-2)16-15-10-8-13(9-11-15)12(3)4/h8-12,14H,5-7H2,1-4H3. The first-order valence-electron chi connectivity index (χ1n) is 6.44. The molecule has 1 aromatic rings. The van der Waals surface area contributed by atoms with Crippen molar-refractivity contribution in [3.63, 3.8) is 0 Å². The first-order valence-corrected chi connectivity index (χ1v) is 6.44. The summed E-state index contributed by atoms with van der Waals surface area (Å²) in [5.74, 6) is 1.59. The van der Waals surface area contributed by atoms with Gasteiger partial charge >= 0.3 is 0 Å². The Labute approximate surface area is 99.8 Å². The van der Waals surface area contributed by atoms with Crippen molar-refractivity contribution in [3.8, 4) is 5.75 Å². The maximum atomic E-state index is 5.94. The molecule has 0 aliphatic heterocycles. The number of benzene rings is 1. The molecule has 1 atom stereocenters. The van der Waals surface area contributed by atoms with E-state index in [0.717, 1.165) is 18.6 Å². The van der Waals surface area contributed by atoms with Crippen molar-refractivity contribution in [1.29, 1.82) is 0 Å². The number of ether oxygens (including phenoxy) is 1. The fourth-order valence-electron chi connectivity index (χ4n) is 1.79. The van der Waals surface area contributed by atoms with Crippen molar-refractivity contribution in [1.82, 2.24) is 0 Å². The minimum absolute atomic E-state index is 0.370. The molecule has 0 aliphatic rings. The fraction of sp³-hybridized carbons (Fsp3) is 0.600. The van der Waals surface area contributed by atoms with Gasteiger partial charge < -0.3 is 4.74 Å². The van der Waals surface area contributed by atoms with E-state index in [0.29, 0.717) is 12.0 Å². The van der Waals surface area contributed by atoms with E-state index in [-0.39, 0.29) is 0 Å². The molecule has 1 heteroatoms. The van der Waals surface area contributed by atoms with E-state index in [2.05, 4.69) is 52.0 Å². The van der Waals surface area contributed by atoms with Crippen LogP contribution in [0.25, 0.3) is 0 Å². The summed E-state index contributed by atoms with van der Waals surface area (Å²) >= 11 is 0. The maximum absolute atomic E-state index is 5.94. The normalized spacial score (nSPS) is 12.8. The molecule has 16 heavy (non-hydrogen) atoms. The van der Waals surface area contributed by atoms with E-state index in [1.807, 2.05) is 0 Å². The van der Waals surface area contributed by atoms with E-state index >= 15 is 0 Å². The summed E-state index contributed by atoms with van der Waals surface area (Å²) in [6, 6.07) is 8.51. The van der Waals surface area contributed by atoms with Crippen LogP contribution >= 0.6 is 0 Å². The molecule has 1 nitrogen and oxygen atoms in total. The summed E-state index contributed by atoms with van der Waals surface area (Å²) in [7, 11) is 0. The SMILES string of the molecule is CCCC(CC)Oc1ccc(C(C)C)cc1. The minimum atomic E-state index is 0.370. The summed E-state index contributed by atoms with van der Waals surface area (Å²) in [5, 5.41) is 0. The van der Waals surface area contributed by atoms with Crippen LogP contribution in [-0.4, -0.2) is 6.10 Å². The van der Waals surface area contributed by atoms with Gasteiger partial charge in [-0.25, -0.2) is 0 Å². The molecular formula is C15H24O. The molecule has 1 rings (SSSR count). The lowest BCUT2D eigenvalue weighted by Crippen LogP contribution is -2.14. The van der Waals surface area contributed by atoms with Crippen LogP contribution in [0.15, 0.2) is 24.3 Å². The van der Waals surface area contributed by atoms with Crippen molar-refractivity contribution in [3.05, 3.63) is 29.8 Å². The minimum Gasteiger partial charge on any atom is -0.490 e. The molecule has 0 spiro atoms. The zero-order valence-electron chi connectivity index (χ0n) is 11.0. The van der Waals surface area contributed by atoms with Gasteiger partial charge in [-0.2, -0.15) is 0 Å². The van der Waals surface area contributed by atoms with Gasteiger partial charge in [0.25, 0.3) is 0 Å². The van der Waals surface area contributed by atoms with Crippen LogP contribution in [0.4, 0.5) is 0 Å². The molecule has 1 unspecified atom stereocenters. The van der Waals surface area contributed by atoms with E-state index in [9.17, 15) is 0 Å². The molecule has 0 saturated heterocycles. The lowest BCUT2D eigenvalue weighted by atomic mass is 10.0. The van der Waals surface area contributed by atoms with Gasteiger partial charge in [0.2, 0.25) is 0 Å². The van der Waals surface area contributed by atoms with Crippen LogP contribution in [0.3, 0.4) is 0 Å². The Morgan fingerprint density at radius 2 is 1.69 bits per heavy atom. The Hall–Kier alpha value is -0.980. The largest absolute Gasteiger partial charge is 0.490 e. The number of hydrogen-bond acceptors (Lipinski definition) is 1. The van der Waals surface area contributed by atoms with Gasteiger partial charge in [0.05, 0.1) is 6.10 Å². The molecule has 90 valence electrons. The smallest absolute Gasteiger partial charge is 0.119 e. The molecule has 0 aromatic heterocycles. The highest BCUT2D eigenvalue weighted by Gasteiger charge is 2.07. The third-order valence-electron chi connectivity index (χ3n) is 2.92. The predicted molar refractivity (Wildman–Crippen MR) is 70.1 cm³/mol. The maximum Gasteiger partial charge on any atom is 0.119 e. The van der Waals surface area contributed by atoms with E-state index < -0.39 is 0 Å². The van der Waals surface area contributed by atoms with Gasteiger partial charge in [-0.1, -0.05) is 46.2 Å². The Bertz CT molecular complexity index is 287. The summed E-state index contributed by atoms with van der Waals surface area (Å²) < 4.78 is 5.94. The second-order valence-corrected chi connectivity index (χ2v) is 4.66. The van der Waals surface area contributed by atoms with Crippen molar-refractivity contribution in [2.45, 2.75) is 59.0 Å². The third kappa shape index (κ3) is 3.88. The van der Waals surface area contributed by atoms with Gasteiger partial charge in [-0.05, 0) is 36.5 Å². The highest BCUT2D eigenvalue weighted by Crippen LogP contribution is 2.20. The molecule has 0 fully saturated rings. The van der Waals surface area contributed by atoms with Crippen molar-refractivity contribution in [2.75, 3.05) is 0 Å². The fourth-order valence-corrected chi connectivity index (χ4v) is 1.79. The monoisotopic (exact) mass is 220 g/mol. The van der Waals surface area contributed by atoms with Crippen LogP contribution in [0.1, 0.15) is 58.4 Å². The van der Waals surface area contributed by atoms with Gasteiger partial charge in [0.15, 0.2) is 0 Å². The highest BCUT2D eigenvalue weighted by molar-refractivity contribution is 5.29. The Morgan fingerprint density at radius 3 is 2.12 bits per heavy atom. The quantitative estimate of drug-likeness (QED) is 0.671. The van der Waals surface area contributed by atoms with Crippen LogP contribution in [0.2, 0.25) is 0 Å². The number of hydrogen-bond donors (Lipinski definition) is 0. The van der Waals surface area contributed by atoms with E-state index in [4.69, 9.17) is 4.74 Å². The highest BCUT2D eigenvalue weighted by atomic mass is 16.5. The average Bonchev–Trinajstić information content (AvgIpc) is 2.29. The van der Waals surface area contributed by atoms with Crippen molar-refractivity contribution < 1.29 is 4.74 Å². The molecule has 0 amide bonds. The molecule has 0 N–H and O–H groups in total. The second kappa shape index (κ2) is 6.57. The van der Waals surface area contributed by atoms with Gasteiger partial charge in [0, 0.05) is 0 Å². The number of rotatable bonds is 6. The van der Waals surface area contributed by atoms with Gasteiger partial charge in [-0.15, -0.1) is 0 Å². The first kappa shape index (κ1) is 13.1. The second-order valence-electron chi connectivity index (χ2n) is 4.66. The summed E-state index contributed by atoms with van der Waals surface area (Å²) in [6.07, 6.45) is 3.78. The van der Waals surface area contributed by atoms with E-state index in [1.54, 1.807) is 0 Å². The molecular weight excluding hydrogens is 196 g/mol. The Morgan fingerprint density at radius 1 is 1.06 bits per heavy atom. The molecule has 1 aromatic carbocycles. The lowest BCUT2D eigenvalue weighted by molar-refractivity contribution is 0.185. The topological polar surface area (TPSA) is 9.23 Å². The van der Waals surface area contributed by atoms with Crippen LogP contribution in [-0.2, 0) is 0 Å². The van der Waals surface area contributed by atoms with Crippen molar-refractivity contribution in [2.24, 2.45) is 0 Å². The predicted octanol–water partition coefficient (Wildman–Crippen LogP) is 4.77. The summed E-state index contributed by atoms with van der Waals surface area (Å²) in [6.45, 7) is 8.81. The van der Waals surface area contributed by atoms with E-state index in [1.165, 1.54) is 12.0 Å². The zero-order chi connectivity index (χ0) is 12.0. The molecule has 0 radical (unpaired) electrons. The Balaban J connectivity index is 2.60. The van der Waals surface area contributed by atoms with Gasteiger partial charge in [-0.3, -0.25) is 0 Å². The molecule has 0 heterocycles. The van der Waals surface area contributed by atoms with Gasteiger partial charge in [0.1, 0.15) is 5.75 Å². The first-order chi connectivity index (χ1) is 7.67. The van der Waals surface area contributed by atoms with Crippen LogP contribution < -0.4 is 4.74 Å². The average molecular weight is 220 g/mol. The third-order valence-corrected chi connectivity index (χ3v) is 2.92. The summed E-state index contributed by atoms with van der Waals surface area (Å²) in [4.78, 5) is 0. The zero-order valence-corrected chi connectivity index (χ0v) is 11.0. The Kier molecular flexibility index (Phi) is 5.37. The van der Waals surface area contributed by atoms with Crippen LogP contribution in [0, 0.1) is 0 Å². The van der Waals surface area contributed by atoms with Crippen LogP contribution in [0.5, 0.6) is 5.75 Å². The molecule has 0 bridgehead atoms. The lowest BCUT2D eigenvalue weighted by Gasteiger charge is -2.17.